The summed E-state index contributed by atoms with van der Waals surface area (Å²) in [5.41, 5.74) is 1.69. The van der Waals surface area contributed by atoms with E-state index in [1.165, 1.54) is 11.4 Å². The summed E-state index contributed by atoms with van der Waals surface area (Å²) in [6.07, 6.45) is 0.478. The Morgan fingerprint density at radius 3 is 2.22 bits per heavy atom. The topological polar surface area (TPSA) is 75.7 Å². The van der Waals surface area contributed by atoms with Crippen molar-refractivity contribution in [2.24, 2.45) is 0 Å². The van der Waals surface area contributed by atoms with Gasteiger partial charge in [-0.2, -0.15) is 0 Å². The van der Waals surface area contributed by atoms with Gasteiger partial charge in [-0.25, -0.2) is 8.42 Å². The predicted molar refractivity (Wildman–Crippen MR) is 108 cm³/mol. The zero-order chi connectivity index (χ0) is 20.0. The molecular formula is C20H26N2O4S. The highest BCUT2D eigenvalue weighted by Gasteiger charge is 2.17. The van der Waals surface area contributed by atoms with Crippen LogP contribution in [0.1, 0.15) is 25.3 Å². The summed E-state index contributed by atoms with van der Waals surface area (Å²) in [5.74, 6) is 0.502. The van der Waals surface area contributed by atoms with Crippen molar-refractivity contribution in [3.05, 3.63) is 60.2 Å². The van der Waals surface area contributed by atoms with Crippen molar-refractivity contribution in [3.8, 4) is 5.75 Å². The van der Waals surface area contributed by atoms with Gasteiger partial charge in [0, 0.05) is 13.6 Å². The van der Waals surface area contributed by atoms with E-state index < -0.39 is 16.1 Å². The van der Waals surface area contributed by atoms with Gasteiger partial charge in [0.05, 0.1) is 11.9 Å². The molecule has 0 fully saturated rings. The first-order chi connectivity index (χ1) is 12.7. The van der Waals surface area contributed by atoms with Crippen molar-refractivity contribution in [2.75, 3.05) is 24.2 Å². The molecule has 0 unspecified atom stereocenters. The van der Waals surface area contributed by atoms with E-state index >= 15 is 0 Å². The minimum atomic E-state index is -3.32. The Balaban J connectivity index is 1.88. The van der Waals surface area contributed by atoms with Crippen molar-refractivity contribution < 1.29 is 17.9 Å². The zero-order valence-corrected chi connectivity index (χ0v) is 16.9. The van der Waals surface area contributed by atoms with Gasteiger partial charge < -0.3 is 10.1 Å². The molecule has 1 N–H and O–H groups in total. The monoisotopic (exact) mass is 390 g/mol. The number of anilines is 1. The van der Waals surface area contributed by atoms with Crippen LogP contribution in [0.25, 0.3) is 0 Å². The third-order valence-corrected chi connectivity index (χ3v) is 5.54. The highest BCUT2D eigenvalue weighted by Crippen LogP contribution is 2.21. The van der Waals surface area contributed by atoms with Crippen LogP contribution in [-0.2, 0) is 14.8 Å². The quantitative estimate of drug-likeness (QED) is 0.752. The predicted octanol–water partition coefficient (Wildman–Crippen LogP) is 2.77. The Hall–Kier alpha value is -2.54. The number of benzene rings is 2. The van der Waals surface area contributed by atoms with Gasteiger partial charge >= 0.3 is 0 Å². The van der Waals surface area contributed by atoms with Gasteiger partial charge in [-0.3, -0.25) is 9.10 Å². The van der Waals surface area contributed by atoms with Crippen molar-refractivity contribution in [1.82, 2.24) is 5.32 Å². The van der Waals surface area contributed by atoms with Crippen LogP contribution in [0.4, 0.5) is 5.69 Å². The van der Waals surface area contributed by atoms with Gasteiger partial charge in [0.25, 0.3) is 5.91 Å². The van der Waals surface area contributed by atoms with E-state index in [1.807, 2.05) is 30.3 Å². The molecule has 7 heteroatoms. The minimum absolute atomic E-state index is 0.199. The van der Waals surface area contributed by atoms with Crippen LogP contribution in [0.5, 0.6) is 5.75 Å². The fourth-order valence-corrected chi connectivity index (χ4v) is 2.99. The standard InChI is InChI=1S/C20H26N2O4S/c1-15(17-8-6-5-7-9-17)14-21-20(23)16(2)26-19-12-10-18(11-13-19)22(3)27(4,24)25/h5-13,15-16H,14H2,1-4H3,(H,21,23)/t15-,16-/m0/s1. The highest BCUT2D eigenvalue weighted by atomic mass is 32.2. The molecular weight excluding hydrogens is 364 g/mol. The van der Waals surface area contributed by atoms with Crippen molar-refractivity contribution in [3.63, 3.8) is 0 Å². The molecule has 6 nitrogen and oxygen atoms in total. The molecule has 2 atom stereocenters. The average Bonchev–Trinajstić information content (AvgIpc) is 2.65. The zero-order valence-electron chi connectivity index (χ0n) is 16.0. The second kappa shape index (κ2) is 8.90. The smallest absolute Gasteiger partial charge is 0.260 e. The highest BCUT2D eigenvalue weighted by molar-refractivity contribution is 7.92. The molecule has 146 valence electrons. The fraction of sp³-hybridized carbons (Fsp3) is 0.350. The number of rotatable bonds is 8. The summed E-state index contributed by atoms with van der Waals surface area (Å²) >= 11 is 0. The third kappa shape index (κ3) is 5.99. The molecule has 0 aliphatic heterocycles. The first-order valence-corrected chi connectivity index (χ1v) is 10.6. The molecule has 1 amide bonds. The van der Waals surface area contributed by atoms with E-state index in [0.717, 1.165) is 11.8 Å². The molecule has 2 aromatic rings. The molecule has 0 heterocycles. The van der Waals surface area contributed by atoms with Crippen molar-refractivity contribution in [2.45, 2.75) is 25.9 Å². The third-order valence-electron chi connectivity index (χ3n) is 4.33. The van der Waals surface area contributed by atoms with Crippen LogP contribution < -0.4 is 14.4 Å². The summed E-state index contributed by atoms with van der Waals surface area (Å²) in [4.78, 5) is 12.3. The van der Waals surface area contributed by atoms with Gasteiger partial charge in [0.15, 0.2) is 6.10 Å². The molecule has 0 aliphatic rings. The number of sulfonamides is 1. The molecule has 27 heavy (non-hydrogen) atoms. The number of nitrogens with zero attached hydrogens (tertiary/aromatic N) is 1. The Morgan fingerprint density at radius 2 is 1.67 bits per heavy atom. The number of hydrogen-bond donors (Lipinski definition) is 1. The maximum atomic E-state index is 12.3. The number of carbonyl (C=O) groups is 1. The molecule has 2 rings (SSSR count). The maximum absolute atomic E-state index is 12.3. The number of amides is 1. The van der Waals surface area contributed by atoms with Crippen LogP contribution in [0.3, 0.4) is 0 Å². The first-order valence-electron chi connectivity index (χ1n) is 8.71. The van der Waals surface area contributed by atoms with Gasteiger partial charge in [-0.15, -0.1) is 0 Å². The van der Waals surface area contributed by atoms with E-state index in [-0.39, 0.29) is 11.8 Å². The fourth-order valence-electron chi connectivity index (χ4n) is 2.48. The largest absolute Gasteiger partial charge is 0.481 e. The normalized spacial score (nSPS) is 13.5. The summed E-state index contributed by atoms with van der Waals surface area (Å²) in [7, 11) is -1.83. The Labute approximate surface area is 161 Å². The van der Waals surface area contributed by atoms with E-state index in [1.54, 1.807) is 31.2 Å². The lowest BCUT2D eigenvalue weighted by Gasteiger charge is -2.19. The van der Waals surface area contributed by atoms with Crippen LogP contribution in [0.15, 0.2) is 54.6 Å². The minimum Gasteiger partial charge on any atom is -0.481 e. The van der Waals surface area contributed by atoms with E-state index in [0.29, 0.717) is 18.0 Å². The van der Waals surface area contributed by atoms with Gasteiger partial charge in [-0.05, 0) is 42.7 Å². The number of nitrogens with one attached hydrogen (secondary N) is 1. The summed E-state index contributed by atoms with van der Waals surface area (Å²) in [6.45, 7) is 4.26. The molecule has 0 spiro atoms. The van der Waals surface area contributed by atoms with Crippen LogP contribution in [-0.4, -0.2) is 40.3 Å². The second-order valence-electron chi connectivity index (χ2n) is 6.54. The van der Waals surface area contributed by atoms with E-state index in [4.69, 9.17) is 4.74 Å². The van der Waals surface area contributed by atoms with Gasteiger partial charge in [0.2, 0.25) is 10.0 Å². The second-order valence-corrected chi connectivity index (χ2v) is 8.56. The SMILES string of the molecule is C[C@H](Oc1ccc(N(C)S(C)(=O)=O)cc1)C(=O)NC[C@H](C)c1ccccc1. The lowest BCUT2D eigenvalue weighted by atomic mass is 10.0. The van der Waals surface area contributed by atoms with Crippen LogP contribution >= 0.6 is 0 Å². The summed E-state index contributed by atoms with van der Waals surface area (Å²) in [5, 5.41) is 2.90. The van der Waals surface area contributed by atoms with Gasteiger partial charge in [0.1, 0.15) is 5.75 Å². The van der Waals surface area contributed by atoms with Crippen LogP contribution in [0, 0.1) is 0 Å². The van der Waals surface area contributed by atoms with E-state index in [2.05, 4.69) is 12.2 Å². The number of carbonyl (C=O) groups excluding carboxylic acids is 1. The average molecular weight is 391 g/mol. The van der Waals surface area contributed by atoms with Crippen LogP contribution in [0.2, 0.25) is 0 Å². The summed E-state index contributed by atoms with van der Waals surface area (Å²) in [6, 6.07) is 16.5. The lowest BCUT2D eigenvalue weighted by Crippen LogP contribution is -2.38. The molecule has 2 aromatic carbocycles. The molecule has 0 saturated carbocycles. The molecule has 0 bridgehead atoms. The molecule has 0 aliphatic carbocycles. The van der Waals surface area contributed by atoms with Crippen molar-refractivity contribution in [1.29, 1.82) is 0 Å². The van der Waals surface area contributed by atoms with Gasteiger partial charge in [-0.1, -0.05) is 37.3 Å². The summed E-state index contributed by atoms with van der Waals surface area (Å²) < 4.78 is 29.9. The molecule has 0 aromatic heterocycles. The Kier molecular flexibility index (Phi) is 6.85. The lowest BCUT2D eigenvalue weighted by molar-refractivity contribution is -0.127. The van der Waals surface area contributed by atoms with Crippen molar-refractivity contribution >= 4 is 21.6 Å². The number of ether oxygens (including phenoxy) is 1. The Morgan fingerprint density at radius 1 is 1.07 bits per heavy atom. The molecule has 0 radical (unpaired) electrons. The molecule has 0 saturated heterocycles. The first kappa shape index (κ1) is 20.8. The number of hydrogen-bond acceptors (Lipinski definition) is 4. The Bertz CT molecular complexity index is 851. The van der Waals surface area contributed by atoms with E-state index in [9.17, 15) is 13.2 Å². The maximum Gasteiger partial charge on any atom is 0.260 e.